The van der Waals surface area contributed by atoms with Gasteiger partial charge < -0.3 is 37.6 Å². The molecule has 0 aromatic heterocycles. The van der Waals surface area contributed by atoms with Crippen LogP contribution in [0.5, 0.6) is 0 Å². The van der Waals surface area contributed by atoms with Crippen molar-refractivity contribution in [3.63, 3.8) is 0 Å². The average Bonchev–Trinajstić information content (AvgIpc) is 2.35. The van der Waals surface area contributed by atoms with E-state index >= 15 is 0 Å². The second-order valence-corrected chi connectivity index (χ2v) is 7.76. The van der Waals surface area contributed by atoms with E-state index in [1.807, 2.05) is 0 Å². The normalized spacial score (nSPS) is 18.3. The van der Waals surface area contributed by atoms with Crippen LogP contribution in [0.25, 0.3) is 0 Å². The van der Waals surface area contributed by atoms with Gasteiger partial charge in [0.15, 0.2) is 20.4 Å². The van der Waals surface area contributed by atoms with E-state index in [1.54, 1.807) is 0 Å². The van der Waals surface area contributed by atoms with Crippen LogP contribution in [0, 0.1) is 0 Å². The first kappa shape index (κ1) is 20.3. The van der Waals surface area contributed by atoms with Gasteiger partial charge in [0.25, 0.3) is 0 Å². The highest BCUT2D eigenvalue weighted by atomic mass is 32.2. The Morgan fingerprint density at radius 1 is 0.857 bits per heavy atom. The molecule has 0 spiro atoms. The molecule has 0 aliphatic rings. The Kier molecular flexibility index (Phi) is 8.38. The zero-order chi connectivity index (χ0) is 16.8. The van der Waals surface area contributed by atoms with Crippen LogP contribution in [0.15, 0.2) is 0 Å². The summed E-state index contributed by atoms with van der Waals surface area (Å²) in [6.45, 7) is 0. The van der Waals surface area contributed by atoms with E-state index in [4.69, 9.17) is 32.5 Å². The Morgan fingerprint density at radius 3 is 1.48 bits per heavy atom. The van der Waals surface area contributed by atoms with Crippen LogP contribution in [0.4, 0.5) is 0 Å². The van der Waals surface area contributed by atoms with Gasteiger partial charge in [0.1, 0.15) is 0 Å². The Balaban J connectivity index is 4.93. The molecule has 0 aromatic rings. The predicted molar refractivity (Wildman–Crippen MR) is 79.4 cm³/mol. The molecule has 13 heteroatoms. The Hall–Kier alpha value is -0.700. The zero-order valence-corrected chi connectivity index (χ0v) is 12.9. The third kappa shape index (κ3) is 7.75. The van der Waals surface area contributed by atoms with Crippen molar-refractivity contribution < 1.29 is 34.8 Å². The molecule has 3 unspecified atom stereocenters. The lowest BCUT2D eigenvalue weighted by Gasteiger charge is -2.29. The van der Waals surface area contributed by atoms with Crippen LogP contribution >= 0.6 is 35.3 Å². The topological polar surface area (TPSA) is 210 Å². The number of carbonyl (C=O) groups is 3. The van der Waals surface area contributed by atoms with E-state index in [2.05, 4.69) is 0 Å². The first-order chi connectivity index (χ1) is 9.48. The molecular weight excluding hydrogens is 346 g/mol. The van der Waals surface area contributed by atoms with Crippen molar-refractivity contribution >= 4 is 53.2 Å². The second-order valence-electron chi connectivity index (χ2n) is 3.54. The lowest BCUT2D eigenvalue weighted by molar-refractivity contribution is -0.137. The molecular formula is C8H15N3O7S3. The van der Waals surface area contributed by atoms with Crippen molar-refractivity contribution in [2.45, 2.75) is 20.4 Å². The molecule has 0 rings (SSSR count). The molecule has 0 radical (unpaired) electrons. The molecule has 0 fully saturated rings. The summed E-state index contributed by atoms with van der Waals surface area (Å²) in [5.74, 6) is -4.61. The molecule has 122 valence electrons. The average molecular weight is 361 g/mol. The molecule has 21 heavy (non-hydrogen) atoms. The molecule has 0 aromatic carbocycles. The molecule has 10 nitrogen and oxygen atoms in total. The summed E-state index contributed by atoms with van der Waals surface area (Å²) in [4.78, 5) is 32.0. The van der Waals surface area contributed by atoms with Crippen LogP contribution < -0.4 is 17.2 Å². The van der Waals surface area contributed by atoms with E-state index < -0.39 is 44.0 Å². The monoisotopic (exact) mass is 361 g/mol. The van der Waals surface area contributed by atoms with Gasteiger partial charge in [-0.15, -0.1) is 11.8 Å². The number of carboxylic acid groups (broad SMARTS) is 3. The van der Waals surface area contributed by atoms with Crippen molar-refractivity contribution in [3.8, 4) is 0 Å². The van der Waals surface area contributed by atoms with Crippen LogP contribution in [-0.4, -0.2) is 64.5 Å². The van der Waals surface area contributed by atoms with Crippen LogP contribution in [-0.2, 0) is 14.4 Å². The van der Waals surface area contributed by atoms with Crippen LogP contribution in [0.1, 0.15) is 0 Å². The summed E-state index contributed by atoms with van der Waals surface area (Å²) in [5, 5.41) is 31.8. The molecule has 0 saturated heterocycles. The van der Waals surface area contributed by atoms with Gasteiger partial charge >= 0.3 is 17.9 Å². The number of carboxylic acids is 3. The second kappa shape index (κ2) is 8.67. The molecule has 0 aliphatic carbocycles. The summed E-state index contributed by atoms with van der Waals surface area (Å²) in [5.41, 5.74) is 15.8. The van der Waals surface area contributed by atoms with Gasteiger partial charge in [-0.1, -0.05) is 23.5 Å². The third-order valence-corrected chi connectivity index (χ3v) is 5.82. The van der Waals surface area contributed by atoms with Gasteiger partial charge in [-0.2, -0.15) is 0 Å². The first-order valence-corrected chi connectivity index (χ1v) is 7.94. The van der Waals surface area contributed by atoms with Gasteiger partial charge in [0.05, 0.1) is 0 Å². The number of rotatable bonds is 10. The van der Waals surface area contributed by atoms with Crippen molar-refractivity contribution in [1.29, 1.82) is 0 Å². The van der Waals surface area contributed by atoms with Gasteiger partial charge in [-0.05, 0) is 0 Å². The highest BCUT2D eigenvalue weighted by molar-refractivity contribution is 8.20. The fraction of sp³-hybridized carbons (Fsp3) is 0.625. The standard InChI is InChI=1S/C8H15N3O7S3/c9-2(5(12)13)19-1-8(18,20-3(10)6(14)15)21-4(11)7(16)17/h2-4,18H,1,9-11H2,(H,12,13)(H,14,15)(H,16,17). The molecule has 0 heterocycles. The maximum absolute atomic E-state index is 10.7. The largest absolute Gasteiger partial charge is 0.479 e. The maximum Gasteiger partial charge on any atom is 0.331 e. The minimum atomic E-state index is -2.03. The van der Waals surface area contributed by atoms with Crippen molar-refractivity contribution in [3.05, 3.63) is 0 Å². The maximum atomic E-state index is 10.7. The molecule has 3 atom stereocenters. The van der Waals surface area contributed by atoms with Gasteiger partial charge in [-0.3, -0.25) is 0 Å². The lowest BCUT2D eigenvalue weighted by Crippen LogP contribution is -2.41. The van der Waals surface area contributed by atoms with Crippen molar-refractivity contribution in [2.75, 3.05) is 5.75 Å². The fourth-order valence-electron chi connectivity index (χ4n) is 0.860. The number of thioether (sulfide) groups is 3. The first-order valence-electron chi connectivity index (χ1n) is 5.13. The highest BCUT2D eigenvalue weighted by Crippen LogP contribution is 2.40. The van der Waals surface area contributed by atoms with Gasteiger partial charge in [0.2, 0.25) is 0 Å². The lowest BCUT2D eigenvalue weighted by atomic mass is 10.7. The Labute approximate surface area is 131 Å². The van der Waals surface area contributed by atoms with E-state index in [0.29, 0.717) is 35.3 Å². The summed E-state index contributed by atoms with van der Waals surface area (Å²) in [6, 6.07) is 0. The summed E-state index contributed by atoms with van der Waals surface area (Å²) in [7, 11) is 0. The number of aliphatic hydroxyl groups is 1. The quantitative estimate of drug-likeness (QED) is 0.209. The molecule has 0 saturated carbocycles. The minimum absolute atomic E-state index is 0.339. The number of aliphatic carboxylic acids is 3. The van der Waals surface area contributed by atoms with E-state index in [9.17, 15) is 19.5 Å². The Morgan fingerprint density at radius 2 is 1.19 bits per heavy atom. The number of nitrogens with two attached hydrogens (primary N) is 3. The number of hydrogen-bond donors (Lipinski definition) is 7. The molecule has 0 amide bonds. The predicted octanol–water partition coefficient (Wildman–Crippen LogP) is -2.06. The van der Waals surface area contributed by atoms with Crippen LogP contribution in [0.3, 0.4) is 0 Å². The molecule has 0 aliphatic heterocycles. The Bertz CT molecular complexity index is 389. The third-order valence-electron chi connectivity index (χ3n) is 1.80. The fourth-order valence-corrected chi connectivity index (χ4v) is 4.18. The molecule has 10 N–H and O–H groups in total. The SMILES string of the molecule is NC(SCC(O)(SC(N)C(=O)O)SC(N)C(=O)O)C(=O)O. The highest BCUT2D eigenvalue weighted by Gasteiger charge is 2.38. The summed E-state index contributed by atoms with van der Waals surface area (Å²) >= 11 is 1.27. The van der Waals surface area contributed by atoms with E-state index in [0.717, 1.165) is 0 Å². The number of hydrogen-bond acceptors (Lipinski definition) is 10. The van der Waals surface area contributed by atoms with Crippen LogP contribution in [0.2, 0.25) is 0 Å². The van der Waals surface area contributed by atoms with E-state index in [-0.39, 0.29) is 0 Å². The smallest absolute Gasteiger partial charge is 0.331 e. The van der Waals surface area contributed by atoms with Crippen molar-refractivity contribution in [1.82, 2.24) is 0 Å². The van der Waals surface area contributed by atoms with E-state index in [1.165, 1.54) is 0 Å². The van der Waals surface area contributed by atoms with Gasteiger partial charge in [-0.25, -0.2) is 14.4 Å². The summed E-state index contributed by atoms with van der Waals surface area (Å²) < 4.78 is -2.03. The summed E-state index contributed by atoms with van der Waals surface area (Å²) in [6.07, 6.45) is 0. The van der Waals surface area contributed by atoms with Gasteiger partial charge in [0, 0.05) is 5.75 Å². The minimum Gasteiger partial charge on any atom is -0.479 e. The van der Waals surface area contributed by atoms with Crippen molar-refractivity contribution in [2.24, 2.45) is 17.2 Å². The zero-order valence-electron chi connectivity index (χ0n) is 10.4. The molecule has 0 bridgehead atoms.